The van der Waals surface area contributed by atoms with Crippen molar-refractivity contribution in [2.75, 3.05) is 6.61 Å². The largest absolute Gasteiger partial charge is 0.508 e. The Hall–Kier alpha value is -1.79. The van der Waals surface area contributed by atoms with Gasteiger partial charge in [0.1, 0.15) is 18.1 Å². The molecule has 1 aliphatic rings. The predicted molar refractivity (Wildman–Crippen MR) is 54.4 cm³/mol. The Kier molecular flexibility index (Phi) is 2.45. The van der Waals surface area contributed by atoms with E-state index >= 15 is 0 Å². The molecule has 0 aromatic heterocycles. The van der Waals surface area contributed by atoms with E-state index in [0.29, 0.717) is 5.56 Å². The van der Waals surface area contributed by atoms with Crippen molar-refractivity contribution in [3.63, 3.8) is 0 Å². The summed E-state index contributed by atoms with van der Waals surface area (Å²) in [7, 11) is 0. The summed E-state index contributed by atoms with van der Waals surface area (Å²) in [4.78, 5) is 10.9. The van der Waals surface area contributed by atoms with E-state index in [1.54, 1.807) is 6.92 Å². The van der Waals surface area contributed by atoms with Crippen molar-refractivity contribution in [2.45, 2.75) is 12.6 Å². The lowest BCUT2D eigenvalue weighted by Gasteiger charge is -2.35. The Morgan fingerprint density at radius 2 is 2.19 bits per heavy atom. The zero-order valence-electron chi connectivity index (χ0n) is 8.65. The molecule has 1 heterocycles. The maximum absolute atomic E-state index is 10.9. The summed E-state index contributed by atoms with van der Waals surface area (Å²) in [5.74, 6) is -0.424. The molecule has 1 fully saturated rings. The van der Waals surface area contributed by atoms with Gasteiger partial charge in [0, 0.05) is 11.6 Å². The molecule has 0 aliphatic carbocycles. The summed E-state index contributed by atoms with van der Waals surface area (Å²) in [5.41, 5.74) is 4.51. The smallest absolute Gasteiger partial charge is 0.260 e. The third kappa shape index (κ3) is 1.80. The highest BCUT2D eigenvalue weighted by Crippen LogP contribution is 2.33. The Labute approximate surface area is 91.8 Å². The molecule has 1 aromatic rings. The maximum Gasteiger partial charge on any atom is 0.260 e. The van der Waals surface area contributed by atoms with Crippen molar-refractivity contribution in [1.82, 2.24) is 10.9 Å². The lowest BCUT2D eigenvalue weighted by atomic mass is 10.0. The Morgan fingerprint density at radius 3 is 2.75 bits per heavy atom. The normalized spacial score (nSPS) is 25.2. The summed E-state index contributed by atoms with van der Waals surface area (Å²) in [6, 6.07) is 4.17. The van der Waals surface area contributed by atoms with Gasteiger partial charge in [0.2, 0.25) is 0 Å². The van der Waals surface area contributed by atoms with E-state index < -0.39 is 5.72 Å². The van der Waals surface area contributed by atoms with Crippen molar-refractivity contribution < 1.29 is 19.7 Å². The number of phenolic OH excluding ortho intramolecular Hbond substituents is 2. The highest BCUT2D eigenvalue weighted by molar-refractivity contribution is 5.77. The molecule has 6 nitrogen and oxygen atoms in total. The number of phenols is 2. The quantitative estimate of drug-likeness (QED) is 0.535. The van der Waals surface area contributed by atoms with Crippen LogP contribution in [-0.4, -0.2) is 22.7 Å². The number of nitrogens with one attached hydrogen (secondary N) is 2. The first-order valence-electron chi connectivity index (χ1n) is 4.74. The molecule has 0 radical (unpaired) electrons. The van der Waals surface area contributed by atoms with Gasteiger partial charge in [-0.15, -0.1) is 0 Å². The fraction of sp³-hybridized carbons (Fsp3) is 0.300. The van der Waals surface area contributed by atoms with E-state index in [1.165, 1.54) is 18.2 Å². The second kappa shape index (κ2) is 3.66. The average molecular weight is 224 g/mol. The monoisotopic (exact) mass is 224 g/mol. The number of rotatable bonds is 1. The van der Waals surface area contributed by atoms with Crippen LogP contribution in [0.2, 0.25) is 0 Å². The summed E-state index contributed by atoms with van der Waals surface area (Å²) in [5, 5.41) is 18.9. The van der Waals surface area contributed by atoms with Gasteiger partial charge in [-0.25, -0.2) is 0 Å². The van der Waals surface area contributed by atoms with Crippen molar-refractivity contribution in [2.24, 2.45) is 0 Å². The second-order valence-corrected chi connectivity index (χ2v) is 3.70. The van der Waals surface area contributed by atoms with E-state index in [0.717, 1.165) is 0 Å². The van der Waals surface area contributed by atoms with Crippen LogP contribution in [0.5, 0.6) is 11.5 Å². The number of carbonyl (C=O) groups excluding carboxylic acids is 1. The van der Waals surface area contributed by atoms with Crippen molar-refractivity contribution >= 4 is 5.91 Å². The van der Waals surface area contributed by atoms with E-state index in [1.807, 2.05) is 0 Å². The summed E-state index contributed by atoms with van der Waals surface area (Å²) < 4.78 is 5.32. The molecule has 0 bridgehead atoms. The van der Waals surface area contributed by atoms with Crippen LogP contribution in [-0.2, 0) is 15.3 Å². The highest BCUT2D eigenvalue weighted by Gasteiger charge is 2.34. The molecule has 1 atom stereocenters. The Balaban J connectivity index is 2.32. The van der Waals surface area contributed by atoms with Gasteiger partial charge >= 0.3 is 0 Å². The molecule has 86 valence electrons. The molecule has 16 heavy (non-hydrogen) atoms. The molecular weight excluding hydrogens is 212 g/mol. The van der Waals surface area contributed by atoms with Gasteiger partial charge in [0.25, 0.3) is 5.91 Å². The number of amides is 1. The first-order valence-corrected chi connectivity index (χ1v) is 4.74. The molecular formula is C10H12N2O4. The van der Waals surface area contributed by atoms with Gasteiger partial charge in [-0.1, -0.05) is 0 Å². The molecule has 6 heteroatoms. The van der Waals surface area contributed by atoms with Crippen molar-refractivity contribution in [1.29, 1.82) is 0 Å². The lowest BCUT2D eigenvalue weighted by Crippen LogP contribution is -2.58. The topological polar surface area (TPSA) is 90.8 Å². The van der Waals surface area contributed by atoms with Gasteiger partial charge in [-0.2, -0.15) is 5.43 Å². The number of aromatic hydroxyl groups is 2. The minimum Gasteiger partial charge on any atom is -0.508 e. The Bertz CT molecular complexity index is 423. The summed E-state index contributed by atoms with van der Waals surface area (Å²) in [6.45, 7) is 1.57. The standard InChI is InChI=1S/C10H12N2O4/c1-10(12-11-9(15)5-16-10)7-3-2-6(13)4-8(7)14/h2-4,12-14H,5H2,1H3,(H,11,15)/t10-/m1/s1. The Morgan fingerprint density at radius 1 is 1.44 bits per heavy atom. The third-order valence-electron chi connectivity index (χ3n) is 2.43. The van der Waals surface area contributed by atoms with Crippen LogP contribution in [0.25, 0.3) is 0 Å². The van der Waals surface area contributed by atoms with Gasteiger partial charge < -0.3 is 14.9 Å². The predicted octanol–water partition coefficient (Wildman–Crippen LogP) is -0.0785. The minimum absolute atomic E-state index is 0.0373. The van der Waals surface area contributed by atoms with E-state index in [4.69, 9.17) is 4.74 Å². The second-order valence-electron chi connectivity index (χ2n) is 3.70. The van der Waals surface area contributed by atoms with Crippen LogP contribution in [0.15, 0.2) is 18.2 Å². The molecule has 1 aromatic carbocycles. The number of hydrogen-bond acceptors (Lipinski definition) is 5. The zero-order valence-corrected chi connectivity index (χ0v) is 8.65. The van der Waals surface area contributed by atoms with Crippen LogP contribution in [0.1, 0.15) is 12.5 Å². The highest BCUT2D eigenvalue weighted by atomic mass is 16.5. The molecule has 0 saturated carbocycles. The first-order chi connectivity index (χ1) is 7.51. The van der Waals surface area contributed by atoms with Gasteiger partial charge in [0.15, 0.2) is 5.72 Å². The van der Waals surface area contributed by atoms with Gasteiger partial charge in [0.05, 0.1) is 0 Å². The van der Waals surface area contributed by atoms with Crippen LogP contribution >= 0.6 is 0 Å². The van der Waals surface area contributed by atoms with Crippen LogP contribution < -0.4 is 10.9 Å². The van der Waals surface area contributed by atoms with Gasteiger partial charge in [-0.05, 0) is 19.1 Å². The fourth-order valence-electron chi connectivity index (χ4n) is 1.54. The molecule has 1 aliphatic heterocycles. The number of benzene rings is 1. The third-order valence-corrected chi connectivity index (χ3v) is 2.43. The molecule has 2 rings (SSSR count). The number of carbonyl (C=O) groups is 1. The number of hydrazine groups is 1. The summed E-state index contributed by atoms with van der Waals surface area (Å²) in [6.07, 6.45) is 0. The minimum atomic E-state index is -1.01. The van der Waals surface area contributed by atoms with E-state index in [2.05, 4.69) is 10.9 Å². The fourth-order valence-corrected chi connectivity index (χ4v) is 1.54. The molecule has 4 N–H and O–H groups in total. The molecule has 0 spiro atoms. The average Bonchev–Trinajstić information content (AvgIpc) is 2.22. The van der Waals surface area contributed by atoms with Crippen LogP contribution in [0.4, 0.5) is 0 Å². The number of hydrogen-bond donors (Lipinski definition) is 4. The van der Waals surface area contributed by atoms with Gasteiger partial charge in [-0.3, -0.25) is 10.2 Å². The lowest BCUT2D eigenvalue weighted by molar-refractivity contribution is -0.155. The SMILES string of the molecule is C[C@@]1(c2ccc(O)cc2O)NNC(=O)CO1. The van der Waals surface area contributed by atoms with E-state index in [-0.39, 0.29) is 24.0 Å². The summed E-state index contributed by atoms with van der Waals surface area (Å²) >= 11 is 0. The molecule has 1 amide bonds. The van der Waals surface area contributed by atoms with Crippen molar-refractivity contribution in [3.05, 3.63) is 23.8 Å². The van der Waals surface area contributed by atoms with Crippen LogP contribution in [0, 0.1) is 0 Å². The van der Waals surface area contributed by atoms with Crippen molar-refractivity contribution in [3.8, 4) is 11.5 Å². The molecule has 1 saturated heterocycles. The first kappa shape index (κ1) is 10.7. The molecule has 0 unspecified atom stereocenters. The maximum atomic E-state index is 10.9. The number of ether oxygens (including phenoxy) is 1. The van der Waals surface area contributed by atoms with Crippen LogP contribution in [0.3, 0.4) is 0 Å². The zero-order chi connectivity index (χ0) is 11.8. The van der Waals surface area contributed by atoms with E-state index in [9.17, 15) is 15.0 Å².